The van der Waals surface area contributed by atoms with Crippen molar-refractivity contribution in [3.8, 4) is 23.0 Å². The lowest BCUT2D eigenvalue weighted by Crippen LogP contribution is -2.46. The van der Waals surface area contributed by atoms with E-state index in [9.17, 15) is 49.8 Å². The molecule has 0 spiro atoms. The first-order valence-electron chi connectivity index (χ1n) is 22.8. The Bertz CT molecular complexity index is 2710. The van der Waals surface area contributed by atoms with Crippen LogP contribution in [-0.2, 0) is 34.0 Å². The first kappa shape index (κ1) is 52.3. The molecule has 0 aliphatic carbocycles. The zero-order chi connectivity index (χ0) is 51.4. The largest absolute Gasteiger partial charge is 0.507 e. The third-order valence-electron chi connectivity index (χ3n) is 13.6. The highest BCUT2D eigenvalue weighted by molar-refractivity contribution is 6.24. The van der Waals surface area contributed by atoms with E-state index in [4.69, 9.17) is 18.9 Å². The predicted octanol–water partition coefficient (Wildman–Crippen LogP) is 6.18. The second-order valence-electron chi connectivity index (χ2n) is 18.1. The third kappa shape index (κ3) is 9.74. The topological polar surface area (TPSA) is 263 Å². The molecule has 9 atom stereocenters. The fraction of sp³-hybridized carbons (Fsp3) is 0.377. The van der Waals surface area contributed by atoms with Gasteiger partial charge in [0.2, 0.25) is 0 Å². The number of aliphatic hydroxyl groups excluding tert-OH is 3. The smallest absolute Gasteiger partial charge is 0.312 e. The Morgan fingerprint density at radius 1 is 0.871 bits per heavy atom. The molecule has 0 radical (unpaired) electrons. The number of rotatable bonds is 8. The Labute approximate surface area is 405 Å². The third-order valence-corrected chi connectivity index (χ3v) is 13.6. The number of fused-ring (bicyclic) bond motifs is 14. The molecule has 4 aromatic carbocycles. The minimum Gasteiger partial charge on any atom is -0.507 e. The van der Waals surface area contributed by atoms with Crippen LogP contribution in [0.1, 0.15) is 81.1 Å². The van der Waals surface area contributed by atoms with Gasteiger partial charge in [0.1, 0.15) is 28.8 Å². The molecule has 5 bridgehead atoms. The lowest BCUT2D eigenvalue weighted by Gasteiger charge is -2.38. The van der Waals surface area contributed by atoms with E-state index in [1.54, 1.807) is 94.4 Å². The maximum absolute atomic E-state index is 14.6. The zero-order valence-electron chi connectivity index (χ0n) is 40.5. The number of aliphatic hydroxyl groups is 3. The number of amides is 2. The average Bonchev–Trinajstić information content (AvgIpc) is 3.61. The molecule has 372 valence electrons. The van der Waals surface area contributed by atoms with Crippen LogP contribution in [0.4, 0.5) is 5.69 Å². The van der Waals surface area contributed by atoms with Crippen LogP contribution in [-0.4, -0.2) is 104 Å². The SMILES string of the molecule is CO[C@@H]1C=CO[C@@]2(C)Oc3c(C)c(O)c4c(O)c(c(C=NNC(=O)C(CO)(c5ccccc5)c5ccccc5)c(O)c4c3C2=O)NC(=O)C(C)=CC=C[C@H](C)[C@H](O)[C@H](C)[C@H](O)[C@H](C)[C@@H](OC(C)=O)[C@@H]1C. The van der Waals surface area contributed by atoms with E-state index in [1.807, 2.05) is 0 Å². The van der Waals surface area contributed by atoms with E-state index in [0.717, 1.165) is 12.5 Å². The number of esters is 1. The van der Waals surface area contributed by atoms with E-state index in [2.05, 4.69) is 15.8 Å². The molecule has 4 aromatic rings. The lowest BCUT2D eigenvalue weighted by atomic mass is 9.74. The first-order chi connectivity index (χ1) is 33.2. The van der Waals surface area contributed by atoms with Gasteiger partial charge in [-0.1, -0.05) is 107 Å². The number of phenolic OH excluding ortho intramolecular Hbond substituents is 3. The summed E-state index contributed by atoms with van der Waals surface area (Å²) in [4.78, 5) is 55.4. The van der Waals surface area contributed by atoms with Crippen LogP contribution in [0.3, 0.4) is 0 Å². The van der Waals surface area contributed by atoms with Gasteiger partial charge in [-0.25, -0.2) is 5.43 Å². The number of carbonyl (C=O) groups excluding carboxylic acids is 4. The Morgan fingerprint density at radius 3 is 2.06 bits per heavy atom. The Hall–Kier alpha value is -7.05. The van der Waals surface area contributed by atoms with Crippen molar-refractivity contribution in [2.45, 2.75) is 91.0 Å². The number of anilines is 1. The van der Waals surface area contributed by atoms with Crippen molar-refractivity contribution in [3.63, 3.8) is 0 Å². The number of ketones is 1. The molecule has 3 heterocycles. The van der Waals surface area contributed by atoms with Gasteiger partial charge in [-0.3, -0.25) is 19.2 Å². The molecular formula is C53H61N3O14. The number of allylic oxidation sites excluding steroid dienone is 2. The van der Waals surface area contributed by atoms with Crippen molar-refractivity contribution < 1.29 is 68.8 Å². The summed E-state index contributed by atoms with van der Waals surface area (Å²) in [7, 11) is 1.41. The number of hydrogen-bond donors (Lipinski definition) is 8. The number of nitrogens with one attached hydrogen (secondary N) is 2. The van der Waals surface area contributed by atoms with Gasteiger partial charge in [-0.15, -0.1) is 0 Å². The van der Waals surface area contributed by atoms with Gasteiger partial charge in [0.15, 0.2) is 5.75 Å². The van der Waals surface area contributed by atoms with Crippen molar-refractivity contribution in [3.05, 3.63) is 125 Å². The summed E-state index contributed by atoms with van der Waals surface area (Å²) in [6, 6.07) is 17.0. The number of phenols is 3. The molecule has 0 saturated heterocycles. The molecule has 17 nitrogen and oxygen atoms in total. The quantitative estimate of drug-likeness (QED) is 0.0322. The zero-order valence-corrected chi connectivity index (χ0v) is 40.5. The first-order valence-corrected chi connectivity index (χ1v) is 22.8. The van der Waals surface area contributed by atoms with E-state index >= 15 is 0 Å². The molecule has 3 aliphatic heterocycles. The second kappa shape index (κ2) is 21.3. The fourth-order valence-electron chi connectivity index (χ4n) is 9.25. The highest BCUT2D eigenvalue weighted by atomic mass is 16.7. The van der Waals surface area contributed by atoms with Crippen molar-refractivity contribution in [2.24, 2.45) is 28.8 Å². The number of carbonyl (C=O) groups is 4. The van der Waals surface area contributed by atoms with E-state index in [1.165, 1.54) is 53.0 Å². The van der Waals surface area contributed by atoms with Gasteiger partial charge in [-0.05, 0) is 31.1 Å². The van der Waals surface area contributed by atoms with Gasteiger partial charge >= 0.3 is 11.8 Å². The number of hydrogen-bond acceptors (Lipinski definition) is 15. The predicted molar refractivity (Wildman–Crippen MR) is 260 cm³/mol. The maximum Gasteiger partial charge on any atom is 0.312 e. The number of methoxy groups -OCH3 is 1. The molecule has 17 heteroatoms. The normalized spacial score (nSPS) is 25.6. The summed E-state index contributed by atoms with van der Waals surface area (Å²) in [6.07, 6.45) is 4.00. The number of aromatic hydroxyl groups is 3. The molecule has 8 N–H and O–H groups in total. The Morgan fingerprint density at radius 2 is 1.49 bits per heavy atom. The lowest BCUT2D eigenvalue weighted by molar-refractivity contribution is -0.160. The highest BCUT2D eigenvalue weighted by Gasteiger charge is 2.50. The van der Waals surface area contributed by atoms with Crippen LogP contribution in [0.2, 0.25) is 0 Å². The van der Waals surface area contributed by atoms with E-state index in [0.29, 0.717) is 11.1 Å². The molecule has 0 fully saturated rings. The van der Waals surface area contributed by atoms with Crippen LogP contribution in [0.5, 0.6) is 23.0 Å². The Balaban J connectivity index is 1.53. The summed E-state index contributed by atoms with van der Waals surface area (Å²) in [6.45, 7) is 11.5. The fourth-order valence-corrected chi connectivity index (χ4v) is 9.25. The highest BCUT2D eigenvalue weighted by Crippen LogP contribution is 2.55. The summed E-state index contributed by atoms with van der Waals surface area (Å²) in [5, 5.41) is 76.0. The van der Waals surface area contributed by atoms with Gasteiger partial charge in [-0.2, -0.15) is 5.10 Å². The number of nitrogens with zero attached hydrogens (tertiary/aromatic N) is 1. The summed E-state index contributed by atoms with van der Waals surface area (Å²) < 4.78 is 23.6. The van der Waals surface area contributed by atoms with Crippen molar-refractivity contribution >= 4 is 46.2 Å². The number of ether oxygens (including phenoxy) is 4. The van der Waals surface area contributed by atoms with E-state index in [-0.39, 0.29) is 22.4 Å². The van der Waals surface area contributed by atoms with Gasteiger partial charge in [0, 0.05) is 61.2 Å². The number of hydrazone groups is 1. The van der Waals surface area contributed by atoms with Crippen molar-refractivity contribution in [2.75, 3.05) is 19.0 Å². The molecule has 0 aromatic heterocycles. The van der Waals surface area contributed by atoms with Crippen molar-refractivity contribution in [1.29, 1.82) is 0 Å². The van der Waals surface area contributed by atoms with Crippen LogP contribution in [0.25, 0.3) is 10.8 Å². The molecule has 0 unspecified atom stereocenters. The van der Waals surface area contributed by atoms with Crippen LogP contribution < -0.4 is 15.5 Å². The molecular weight excluding hydrogens is 903 g/mol. The maximum atomic E-state index is 14.6. The van der Waals surface area contributed by atoms with E-state index < -0.39 is 129 Å². The van der Waals surface area contributed by atoms with Gasteiger partial charge < -0.3 is 54.9 Å². The second-order valence-corrected chi connectivity index (χ2v) is 18.1. The van der Waals surface area contributed by atoms with Crippen LogP contribution >= 0.6 is 0 Å². The summed E-state index contributed by atoms with van der Waals surface area (Å²) >= 11 is 0. The monoisotopic (exact) mass is 963 g/mol. The number of Topliss-reactive ketones (excluding diaryl/α,β-unsaturated/α-hetero) is 1. The average molecular weight is 964 g/mol. The minimum atomic E-state index is -2.16. The Kier molecular flexibility index (Phi) is 15.9. The molecule has 3 aliphatic rings. The standard InChI is InChI=1S/C53H61N3O14/c1-27-17-16-18-28(2)50(65)55-41-36(25-54-56-51(66)53(26-57,34-19-12-10-13-20-34)35-21-14-11-15-22-35)45(62)38-39(46(41)63)44(61)32(6)48-40(38)49(64)52(8,70-48)68-24-23-37(67-9)29(3)47(69-33(7)58)31(5)43(60)30(4)42(27)59/h10-25,27,29-31,37,42-43,47,57,59-63H,26H2,1-9H3,(H,55,65)(H,56,66)/t27-,29+,30-,31-,37+,42-,43-,47-,52-/m0/s1. The summed E-state index contributed by atoms with van der Waals surface area (Å²) in [5.74, 6) is -10.3. The molecule has 70 heavy (non-hydrogen) atoms. The molecule has 2 amide bonds. The van der Waals surface area contributed by atoms with Gasteiger partial charge in [0.05, 0.1) is 59.6 Å². The number of benzene rings is 4. The van der Waals surface area contributed by atoms with Crippen LogP contribution in [0, 0.1) is 30.6 Å². The summed E-state index contributed by atoms with van der Waals surface area (Å²) in [5.41, 5.74) is 0.439. The molecule has 7 rings (SSSR count). The van der Waals surface area contributed by atoms with Crippen LogP contribution in [0.15, 0.2) is 102 Å². The van der Waals surface area contributed by atoms with Crippen molar-refractivity contribution in [1.82, 2.24) is 5.43 Å². The molecule has 0 saturated carbocycles. The minimum absolute atomic E-state index is 0.0348. The van der Waals surface area contributed by atoms with Gasteiger partial charge in [0.25, 0.3) is 17.6 Å².